The minimum Gasteiger partial charge on any atom is -0.318 e. The Morgan fingerprint density at radius 3 is 2.70 bits per heavy atom. The molecule has 0 bridgehead atoms. The maximum atomic E-state index is 9.02. The standard InChI is InChI=1S/C15H14N4S/c1-15(2,3)19-12-5-4-10(7-16)6-11(12)18-14(19)13-8-17-9-20-13/h4-6,8-9H,1-3H3. The van der Waals surface area contributed by atoms with E-state index in [9.17, 15) is 0 Å². The number of fused-ring (bicyclic) bond motifs is 1. The topological polar surface area (TPSA) is 54.5 Å². The van der Waals surface area contributed by atoms with Gasteiger partial charge in [-0.25, -0.2) is 4.98 Å². The van der Waals surface area contributed by atoms with E-state index in [-0.39, 0.29) is 5.54 Å². The maximum Gasteiger partial charge on any atom is 0.153 e. The summed E-state index contributed by atoms with van der Waals surface area (Å²) < 4.78 is 2.21. The second-order valence-electron chi connectivity index (χ2n) is 5.62. The van der Waals surface area contributed by atoms with Crippen molar-refractivity contribution >= 4 is 22.4 Å². The summed E-state index contributed by atoms with van der Waals surface area (Å²) in [6.45, 7) is 6.45. The van der Waals surface area contributed by atoms with Gasteiger partial charge in [-0.2, -0.15) is 5.26 Å². The summed E-state index contributed by atoms with van der Waals surface area (Å²) in [7, 11) is 0. The van der Waals surface area contributed by atoms with Gasteiger partial charge in [0.05, 0.1) is 33.1 Å². The summed E-state index contributed by atoms with van der Waals surface area (Å²) in [5.41, 5.74) is 4.24. The van der Waals surface area contributed by atoms with E-state index in [1.165, 1.54) is 0 Å². The molecule has 4 nitrogen and oxygen atoms in total. The van der Waals surface area contributed by atoms with E-state index in [1.807, 2.05) is 29.9 Å². The van der Waals surface area contributed by atoms with Crippen LogP contribution in [0.15, 0.2) is 29.9 Å². The third kappa shape index (κ3) is 1.98. The minimum absolute atomic E-state index is 0.0950. The number of aromatic nitrogens is 3. The average molecular weight is 282 g/mol. The van der Waals surface area contributed by atoms with Crippen molar-refractivity contribution in [1.29, 1.82) is 5.26 Å². The molecule has 2 aromatic heterocycles. The fourth-order valence-corrected chi connectivity index (χ4v) is 2.92. The minimum atomic E-state index is -0.0950. The summed E-state index contributed by atoms with van der Waals surface area (Å²) in [6, 6.07) is 7.80. The molecule has 0 aliphatic carbocycles. The Morgan fingerprint density at radius 2 is 2.10 bits per heavy atom. The summed E-state index contributed by atoms with van der Waals surface area (Å²) in [6.07, 6.45) is 1.83. The SMILES string of the molecule is CC(C)(C)n1c(-c2cncs2)nc2cc(C#N)ccc21. The first-order chi connectivity index (χ1) is 9.50. The van der Waals surface area contributed by atoms with E-state index < -0.39 is 0 Å². The summed E-state index contributed by atoms with van der Waals surface area (Å²) in [5, 5.41) is 9.02. The molecule has 0 aliphatic rings. The lowest BCUT2D eigenvalue weighted by Crippen LogP contribution is -2.22. The van der Waals surface area contributed by atoms with Crippen molar-refractivity contribution in [3.8, 4) is 16.8 Å². The van der Waals surface area contributed by atoms with Crippen LogP contribution in [0.1, 0.15) is 26.3 Å². The Labute approximate surface area is 121 Å². The Hall–Kier alpha value is -2.19. The van der Waals surface area contributed by atoms with Gasteiger partial charge in [0.15, 0.2) is 5.82 Å². The molecule has 0 saturated heterocycles. The highest BCUT2D eigenvalue weighted by molar-refractivity contribution is 7.13. The third-order valence-electron chi connectivity index (χ3n) is 3.11. The number of imidazole rings is 1. The van der Waals surface area contributed by atoms with Crippen LogP contribution in [0.3, 0.4) is 0 Å². The number of benzene rings is 1. The van der Waals surface area contributed by atoms with Crippen molar-refractivity contribution in [3.05, 3.63) is 35.5 Å². The van der Waals surface area contributed by atoms with Crippen LogP contribution in [0.5, 0.6) is 0 Å². The number of hydrogen-bond acceptors (Lipinski definition) is 4. The number of thiazole rings is 1. The van der Waals surface area contributed by atoms with E-state index in [2.05, 4.69) is 36.4 Å². The molecule has 0 radical (unpaired) electrons. The van der Waals surface area contributed by atoms with Gasteiger partial charge < -0.3 is 4.57 Å². The van der Waals surface area contributed by atoms with Gasteiger partial charge in [-0.15, -0.1) is 11.3 Å². The number of hydrogen-bond donors (Lipinski definition) is 0. The summed E-state index contributed by atoms with van der Waals surface area (Å²) in [5.74, 6) is 0.907. The van der Waals surface area contributed by atoms with Gasteiger partial charge in [-0.1, -0.05) is 0 Å². The Kier molecular flexibility index (Phi) is 2.84. The monoisotopic (exact) mass is 282 g/mol. The van der Waals surface area contributed by atoms with Crippen LogP contribution in [-0.4, -0.2) is 14.5 Å². The molecule has 0 unspecified atom stereocenters. The molecule has 1 aromatic carbocycles. The van der Waals surface area contributed by atoms with Crippen molar-refractivity contribution in [1.82, 2.24) is 14.5 Å². The Morgan fingerprint density at radius 1 is 1.30 bits per heavy atom. The van der Waals surface area contributed by atoms with Crippen molar-refractivity contribution in [3.63, 3.8) is 0 Å². The molecule has 0 spiro atoms. The van der Waals surface area contributed by atoms with Crippen LogP contribution in [0.4, 0.5) is 0 Å². The van der Waals surface area contributed by atoms with Gasteiger partial charge in [-0.3, -0.25) is 4.98 Å². The fourth-order valence-electron chi connectivity index (χ4n) is 2.32. The highest BCUT2D eigenvalue weighted by Gasteiger charge is 2.23. The van der Waals surface area contributed by atoms with Gasteiger partial charge in [0, 0.05) is 11.7 Å². The predicted octanol–water partition coefficient (Wildman–Crippen LogP) is 3.79. The lowest BCUT2D eigenvalue weighted by molar-refractivity contribution is 0.413. The van der Waals surface area contributed by atoms with Crippen LogP contribution in [0.2, 0.25) is 0 Å². The molecule has 0 N–H and O–H groups in total. The lowest BCUT2D eigenvalue weighted by Gasteiger charge is -2.24. The van der Waals surface area contributed by atoms with Gasteiger partial charge in [-0.05, 0) is 39.0 Å². The molecule has 0 atom stereocenters. The molecule has 0 saturated carbocycles. The molecule has 3 rings (SSSR count). The smallest absolute Gasteiger partial charge is 0.153 e. The van der Waals surface area contributed by atoms with Crippen LogP contribution in [0, 0.1) is 11.3 Å². The van der Waals surface area contributed by atoms with Crippen LogP contribution >= 0.6 is 11.3 Å². The first-order valence-electron chi connectivity index (χ1n) is 6.32. The van der Waals surface area contributed by atoms with Crippen molar-refractivity contribution in [2.75, 3.05) is 0 Å². The highest BCUT2D eigenvalue weighted by Crippen LogP contribution is 2.32. The van der Waals surface area contributed by atoms with Crippen LogP contribution < -0.4 is 0 Å². The summed E-state index contributed by atoms with van der Waals surface area (Å²) >= 11 is 1.57. The second kappa shape index (κ2) is 4.43. The molecular formula is C15H14N4S. The molecule has 20 heavy (non-hydrogen) atoms. The number of nitriles is 1. The van der Waals surface area contributed by atoms with Crippen LogP contribution in [-0.2, 0) is 5.54 Å². The summed E-state index contributed by atoms with van der Waals surface area (Å²) in [4.78, 5) is 9.89. The van der Waals surface area contributed by atoms with E-state index >= 15 is 0 Å². The van der Waals surface area contributed by atoms with Gasteiger partial charge in [0.25, 0.3) is 0 Å². The molecule has 5 heteroatoms. The predicted molar refractivity (Wildman–Crippen MR) is 80.6 cm³/mol. The molecule has 100 valence electrons. The number of nitrogens with zero attached hydrogens (tertiary/aromatic N) is 4. The molecule has 0 fully saturated rings. The second-order valence-corrected chi connectivity index (χ2v) is 6.51. The van der Waals surface area contributed by atoms with E-state index in [1.54, 1.807) is 11.3 Å². The van der Waals surface area contributed by atoms with Crippen LogP contribution in [0.25, 0.3) is 21.7 Å². The van der Waals surface area contributed by atoms with Crippen molar-refractivity contribution < 1.29 is 0 Å². The zero-order valence-electron chi connectivity index (χ0n) is 11.6. The van der Waals surface area contributed by atoms with E-state index in [0.29, 0.717) is 5.56 Å². The van der Waals surface area contributed by atoms with Gasteiger partial charge in [0.1, 0.15) is 0 Å². The average Bonchev–Trinajstić information content (AvgIpc) is 3.03. The molecule has 3 aromatic rings. The lowest BCUT2D eigenvalue weighted by atomic mass is 10.1. The maximum absolute atomic E-state index is 9.02. The third-order valence-corrected chi connectivity index (χ3v) is 3.88. The van der Waals surface area contributed by atoms with Crippen molar-refractivity contribution in [2.45, 2.75) is 26.3 Å². The van der Waals surface area contributed by atoms with E-state index in [4.69, 9.17) is 10.2 Å². The number of rotatable bonds is 1. The Bertz CT molecular complexity index is 801. The highest BCUT2D eigenvalue weighted by atomic mass is 32.1. The molecule has 2 heterocycles. The zero-order chi connectivity index (χ0) is 14.3. The molecular weight excluding hydrogens is 268 g/mol. The Balaban J connectivity index is 2.37. The molecule has 0 aliphatic heterocycles. The molecule has 0 amide bonds. The van der Waals surface area contributed by atoms with Gasteiger partial charge in [0.2, 0.25) is 0 Å². The largest absolute Gasteiger partial charge is 0.318 e. The normalized spacial score (nSPS) is 11.7. The zero-order valence-corrected chi connectivity index (χ0v) is 12.4. The quantitative estimate of drug-likeness (QED) is 0.682. The van der Waals surface area contributed by atoms with Crippen molar-refractivity contribution in [2.24, 2.45) is 0 Å². The fraction of sp³-hybridized carbons (Fsp3) is 0.267. The first kappa shape index (κ1) is 12.8. The van der Waals surface area contributed by atoms with E-state index in [0.717, 1.165) is 21.7 Å². The first-order valence-corrected chi connectivity index (χ1v) is 7.20. The van der Waals surface area contributed by atoms with Gasteiger partial charge >= 0.3 is 0 Å².